The highest BCUT2D eigenvalue weighted by atomic mass is 16.3. The third-order valence-corrected chi connectivity index (χ3v) is 4.34. The normalized spacial score (nSPS) is 19.4. The van der Waals surface area contributed by atoms with Crippen LogP contribution in [0.25, 0.3) is 0 Å². The number of hydrogen-bond acceptors (Lipinski definition) is 2. The van der Waals surface area contributed by atoms with E-state index in [-0.39, 0.29) is 11.8 Å². The second-order valence-corrected chi connectivity index (χ2v) is 5.87. The van der Waals surface area contributed by atoms with Crippen LogP contribution in [0.5, 0.6) is 0 Å². The highest BCUT2D eigenvalue weighted by Crippen LogP contribution is 2.28. The molecule has 1 aliphatic rings. The van der Waals surface area contributed by atoms with E-state index in [2.05, 4.69) is 12.1 Å². The molecule has 0 unspecified atom stereocenters. The molecule has 1 fully saturated rings. The quantitative estimate of drug-likeness (QED) is 0.920. The van der Waals surface area contributed by atoms with E-state index in [0.29, 0.717) is 19.4 Å². The minimum atomic E-state index is -0.509. The summed E-state index contributed by atoms with van der Waals surface area (Å²) in [5, 5.41) is 10.2. The van der Waals surface area contributed by atoms with Gasteiger partial charge in [0, 0.05) is 25.4 Å². The molecule has 2 aromatic carbocycles. The second kappa shape index (κ2) is 6.75. The van der Waals surface area contributed by atoms with E-state index in [1.54, 1.807) is 0 Å². The largest absolute Gasteiger partial charge is 0.388 e. The predicted octanol–water partition coefficient (Wildman–Crippen LogP) is 3.13. The van der Waals surface area contributed by atoms with Crippen LogP contribution < -0.4 is 0 Å². The number of likely N-dealkylation sites (tertiary alicyclic amines) is 1. The molecule has 0 spiro atoms. The fourth-order valence-electron chi connectivity index (χ4n) is 3.06. The van der Waals surface area contributed by atoms with Crippen LogP contribution in [0, 0.1) is 0 Å². The molecule has 0 bridgehead atoms. The molecule has 1 amide bonds. The van der Waals surface area contributed by atoms with Crippen LogP contribution >= 0.6 is 0 Å². The molecule has 3 heteroatoms. The van der Waals surface area contributed by atoms with Crippen molar-refractivity contribution in [1.29, 1.82) is 0 Å². The van der Waals surface area contributed by atoms with Gasteiger partial charge in [-0.05, 0) is 17.5 Å². The van der Waals surface area contributed by atoms with Gasteiger partial charge in [0.05, 0.1) is 6.10 Å². The van der Waals surface area contributed by atoms with Crippen molar-refractivity contribution < 1.29 is 9.90 Å². The fourth-order valence-corrected chi connectivity index (χ4v) is 3.06. The SMILES string of the molecule is O=C1C[C@H](c2ccccc2)CN1CC[C@@H](O)c1ccccc1. The third-order valence-electron chi connectivity index (χ3n) is 4.34. The zero-order chi connectivity index (χ0) is 15.4. The molecule has 3 rings (SSSR count). The summed E-state index contributed by atoms with van der Waals surface area (Å²) in [4.78, 5) is 14.0. The van der Waals surface area contributed by atoms with Gasteiger partial charge >= 0.3 is 0 Å². The Labute approximate surface area is 131 Å². The van der Waals surface area contributed by atoms with Crippen molar-refractivity contribution in [3.05, 3.63) is 71.8 Å². The molecule has 0 aromatic heterocycles. The number of hydrogen-bond donors (Lipinski definition) is 1. The van der Waals surface area contributed by atoms with E-state index in [1.807, 2.05) is 53.4 Å². The summed E-state index contributed by atoms with van der Waals surface area (Å²) in [6.07, 6.45) is 0.646. The van der Waals surface area contributed by atoms with Crippen LogP contribution in [-0.2, 0) is 4.79 Å². The Morgan fingerprint density at radius 3 is 2.36 bits per heavy atom. The Bertz CT molecular complexity index is 612. The van der Waals surface area contributed by atoms with Gasteiger partial charge in [0.25, 0.3) is 0 Å². The number of nitrogens with zero attached hydrogens (tertiary/aromatic N) is 1. The first kappa shape index (κ1) is 14.8. The van der Waals surface area contributed by atoms with Crippen LogP contribution in [0.4, 0.5) is 0 Å². The van der Waals surface area contributed by atoms with Gasteiger partial charge in [-0.25, -0.2) is 0 Å². The molecule has 1 aliphatic heterocycles. The number of benzene rings is 2. The summed E-state index contributed by atoms with van der Waals surface area (Å²) >= 11 is 0. The lowest BCUT2D eigenvalue weighted by Crippen LogP contribution is -2.27. The fraction of sp³-hybridized carbons (Fsp3) is 0.316. The highest BCUT2D eigenvalue weighted by molar-refractivity contribution is 5.79. The van der Waals surface area contributed by atoms with Crippen molar-refractivity contribution in [2.45, 2.75) is 24.9 Å². The molecule has 1 N–H and O–H groups in total. The number of amides is 1. The van der Waals surface area contributed by atoms with Gasteiger partial charge in [-0.15, -0.1) is 0 Å². The topological polar surface area (TPSA) is 40.5 Å². The number of aliphatic hydroxyl groups excluding tert-OH is 1. The Balaban J connectivity index is 1.56. The number of rotatable bonds is 5. The van der Waals surface area contributed by atoms with Gasteiger partial charge in [-0.2, -0.15) is 0 Å². The number of aliphatic hydroxyl groups is 1. The maximum atomic E-state index is 12.2. The van der Waals surface area contributed by atoms with Gasteiger partial charge in [0.2, 0.25) is 5.91 Å². The van der Waals surface area contributed by atoms with E-state index in [0.717, 1.165) is 12.1 Å². The zero-order valence-corrected chi connectivity index (χ0v) is 12.6. The lowest BCUT2D eigenvalue weighted by Gasteiger charge is -2.19. The van der Waals surface area contributed by atoms with Crippen molar-refractivity contribution >= 4 is 5.91 Å². The molecular formula is C19H21NO2. The Morgan fingerprint density at radius 2 is 1.68 bits per heavy atom. The molecule has 114 valence electrons. The molecule has 22 heavy (non-hydrogen) atoms. The summed E-state index contributed by atoms with van der Waals surface area (Å²) in [6.45, 7) is 1.36. The van der Waals surface area contributed by atoms with E-state index in [1.165, 1.54) is 5.56 Å². The molecular weight excluding hydrogens is 274 g/mol. The summed E-state index contributed by atoms with van der Waals surface area (Å²) in [6, 6.07) is 19.8. The summed E-state index contributed by atoms with van der Waals surface area (Å²) in [5.41, 5.74) is 2.13. The minimum Gasteiger partial charge on any atom is -0.388 e. The lowest BCUT2D eigenvalue weighted by molar-refractivity contribution is -0.127. The molecule has 1 saturated heterocycles. The van der Waals surface area contributed by atoms with Gasteiger partial charge in [0.15, 0.2) is 0 Å². The average Bonchev–Trinajstić information content (AvgIpc) is 2.95. The average molecular weight is 295 g/mol. The first-order valence-electron chi connectivity index (χ1n) is 7.80. The third kappa shape index (κ3) is 3.37. The van der Waals surface area contributed by atoms with Gasteiger partial charge in [0.1, 0.15) is 0 Å². The summed E-state index contributed by atoms with van der Waals surface area (Å²) in [5.74, 6) is 0.469. The summed E-state index contributed by atoms with van der Waals surface area (Å²) in [7, 11) is 0. The minimum absolute atomic E-state index is 0.189. The maximum absolute atomic E-state index is 12.2. The zero-order valence-electron chi connectivity index (χ0n) is 12.6. The van der Waals surface area contributed by atoms with Gasteiger partial charge < -0.3 is 10.0 Å². The number of carbonyl (C=O) groups excluding carboxylic acids is 1. The van der Waals surface area contributed by atoms with Crippen molar-refractivity contribution in [3.63, 3.8) is 0 Å². The Hall–Kier alpha value is -2.13. The smallest absolute Gasteiger partial charge is 0.223 e. The van der Waals surface area contributed by atoms with Crippen LogP contribution in [0.3, 0.4) is 0 Å². The highest BCUT2D eigenvalue weighted by Gasteiger charge is 2.30. The van der Waals surface area contributed by atoms with Crippen molar-refractivity contribution in [1.82, 2.24) is 4.90 Å². The van der Waals surface area contributed by atoms with Gasteiger partial charge in [-0.3, -0.25) is 4.79 Å². The summed E-state index contributed by atoms with van der Waals surface area (Å²) < 4.78 is 0. The molecule has 0 aliphatic carbocycles. The van der Waals surface area contributed by atoms with E-state index in [9.17, 15) is 9.90 Å². The molecule has 3 nitrogen and oxygen atoms in total. The predicted molar refractivity (Wildman–Crippen MR) is 86.4 cm³/mol. The lowest BCUT2D eigenvalue weighted by atomic mass is 9.98. The standard InChI is InChI=1S/C19H21NO2/c21-18(16-9-5-2-6-10-16)11-12-20-14-17(13-19(20)22)15-7-3-1-4-8-15/h1-10,17-18,21H,11-14H2/t17-,18+/m0/s1. The van der Waals surface area contributed by atoms with Crippen LogP contribution in [0.15, 0.2) is 60.7 Å². The van der Waals surface area contributed by atoms with Crippen molar-refractivity contribution in [2.24, 2.45) is 0 Å². The Kier molecular flexibility index (Phi) is 4.54. The Morgan fingerprint density at radius 1 is 1.05 bits per heavy atom. The second-order valence-electron chi connectivity index (χ2n) is 5.87. The monoisotopic (exact) mass is 295 g/mol. The van der Waals surface area contributed by atoms with Crippen LogP contribution in [0.1, 0.15) is 36.0 Å². The maximum Gasteiger partial charge on any atom is 0.223 e. The van der Waals surface area contributed by atoms with Crippen molar-refractivity contribution in [3.8, 4) is 0 Å². The molecule has 2 aromatic rings. The van der Waals surface area contributed by atoms with Crippen LogP contribution in [0.2, 0.25) is 0 Å². The van der Waals surface area contributed by atoms with E-state index < -0.39 is 6.10 Å². The van der Waals surface area contributed by atoms with E-state index in [4.69, 9.17) is 0 Å². The molecule has 0 radical (unpaired) electrons. The number of carbonyl (C=O) groups is 1. The van der Waals surface area contributed by atoms with Crippen LogP contribution in [-0.4, -0.2) is 29.0 Å². The first-order chi connectivity index (χ1) is 10.7. The molecule has 2 atom stereocenters. The van der Waals surface area contributed by atoms with Gasteiger partial charge in [-0.1, -0.05) is 60.7 Å². The first-order valence-corrected chi connectivity index (χ1v) is 7.80. The molecule has 0 saturated carbocycles. The van der Waals surface area contributed by atoms with Crippen molar-refractivity contribution in [2.75, 3.05) is 13.1 Å². The van der Waals surface area contributed by atoms with E-state index >= 15 is 0 Å². The molecule has 1 heterocycles.